The highest BCUT2D eigenvalue weighted by atomic mass is 19.2. The SMILES string of the molecule is O=C(NCc1ccco1)c1cc2occc2n1Cc1cccc(F)c1F. The van der Waals surface area contributed by atoms with E-state index in [4.69, 9.17) is 8.83 Å². The van der Waals surface area contributed by atoms with Crippen LogP contribution in [-0.2, 0) is 13.1 Å². The summed E-state index contributed by atoms with van der Waals surface area (Å²) in [6.07, 6.45) is 3.00. The fraction of sp³-hybridized carbons (Fsp3) is 0.105. The van der Waals surface area contributed by atoms with Gasteiger partial charge in [-0.25, -0.2) is 8.78 Å². The second-order valence-corrected chi connectivity index (χ2v) is 5.76. The Morgan fingerprint density at radius 1 is 1.08 bits per heavy atom. The normalized spacial score (nSPS) is 11.2. The molecule has 0 aliphatic carbocycles. The number of hydrogen-bond donors (Lipinski definition) is 1. The first-order valence-electron chi connectivity index (χ1n) is 7.93. The average molecular weight is 356 g/mol. The molecule has 0 saturated heterocycles. The summed E-state index contributed by atoms with van der Waals surface area (Å²) in [6.45, 7) is 0.211. The van der Waals surface area contributed by atoms with Crippen molar-refractivity contribution in [3.63, 3.8) is 0 Å². The molecule has 4 aromatic rings. The lowest BCUT2D eigenvalue weighted by molar-refractivity contribution is 0.0939. The minimum Gasteiger partial charge on any atom is -0.467 e. The third kappa shape index (κ3) is 2.88. The quantitative estimate of drug-likeness (QED) is 0.586. The first-order chi connectivity index (χ1) is 12.6. The van der Waals surface area contributed by atoms with Gasteiger partial charge in [-0.3, -0.25) is 4.79 Å². The molecule has 7 heteroatoms. The molecule has 0 atom stereocenters. The molecule has 5 nitrogen and oxygen atoms in total. The van der Waals surface area contributed by atoms with Gasteiger partial charge < -0.3 is 18.7 Å². The van der Waals surface area contributed by atoms with Crippen LogP contribution in [0.3, 0.4) is 0 Å². The van der Waals surface area contributed by atoms with E-state index in [1.165, 1.54) is 24.7 Å². The molecule has 0 bridgehead atoms. The zero-order valence-electron chi connectivity index (χ0n) is 13.5. The number of amides is 1. The molecule has 132 valence electrons. The number of nitrogens with one attached hydrogen (secondary N) is 1. The van der Waals surface area contributed by atoms with Crippen molar-refractivity contribution in [2.24, 2.45) is 0 Å². The lowest BCUT2D eigenvalue weighted by atomic mass is 10.2. The number of benzene rings is 1. The maximum absolute atomic E-state index is 14.1. The molecule has 3 heterocycles. The predicted octanol–water partition coefficient (Wildman–Crippen LogP) is 4.08. The molecule has 0 spiro atoms. The van der Waals surface area contributed by atoms with Crippen molar-refractivity contribution in [2.75, 3.05) is 0 Å². The van der Waals surface area contributed by atoms with E-state index in [9.17, 15) is 13.6 Å². The van der Waals surface area contributed by atoms with Crippen LogP contribution in [-0.4, -0.2) is 10.5 Å². The Balaban J connectivity index is 1.66. The molecule has 1 N–H and O–H groups in total. The highest BCUT2D eigenvalue weighted by Gasteiger charge is 2.19. The van der Waals surface area contributed by atoms with Crippen LogP contribution in [0, 0.1) is 11.6 Å². The van der Waals surface area contributed by atoms with Crippen LogP contribution in [0.1, 0.15) is 21.8 Å². The number of fused-ring (bicyclic) bond motifs is 1. The molecule has 0 radical (unpaired) electrons. The Morgan fingerprint density at radius 2 is 1.96 bits per heavy atom. The van der Waals surface area contributed by atoms with Gasteiger partial charge in [-0.1, -0.05) is 12.1 Å². The van der Waals surface area contributed by atoms with E-state index >= 15 is 0 Å². The summed E-state index contributed by atoms with van der Waals surface area (Å²) in [6, 6.07) is 10.7. The molecular formula is C19H14F2N2O3. The van der Waals surface area contributed by atoms with E-state index in [1.807, 2.05) is 0 Å². The largest absolute Gasteiger partial charge is 0.467 e. The number of aromatic nitrogens is 1. The van der Waals surface area contributed by atoms with Crippen molar-refractivity contribution >= 4 is 17.0 Å². The van der Waals surface area contributed by atoms with Crippen LogP contribution < -0.4 is 5.32 Å². The Hall–Kier alpha value is -3.35. The third-order valence-electron chi connectivity index (χ3n) is 4.12. The Kier molecular flexibility index (Phi) is 4.04. The summed E-state index contributed by atoms with van der Waals surface area (Å²) in [4.78, 5) is 12.6. The van der Waals surface area contributed by atoms with Gasteiger partial charge in [-0.15, -0.1) is 0 Å². The fourth-order valence-corrected chi connectivity index (χ4v) is 2.85. The van der Waals surface area contributed by atoms with Gasteiger partial charge in [0.15, 0.2) is 17.2 Å². The van der Waals surface area contributed by atoms with E-state index < -0.39 is 11.6 Å². The molecule has 4 rings (SSSR count). The number of rotatable bonds is 5. The fourth-order valence-electron chi connectivity index (χ4n) is 2.85. The highest BCUT2D eigenvalue weighted by Crippen LogP contribution is 2.24. The lowest BCUT2D eigenvalue weighted by Gasteiger charge is -2.11. The first-order valence-corrected chi connectivity index (χ1v) is 7.93. The van der Waals surface area contributed by atoms with Crippen molar-refractivity contribution in [1.29, 1.82) is 0 Å². The van der Waals surface area contributed by atoms with Crippen LogP contribution in [0.5, 0.6) is 0 Å². The third-order valence-corrected chi connectivity index (χ3v) is 4.12. The summed E-state index contributed by atoms with van der Waals surface area (Å²) in [7, 11) is 0. The number of hydrogen-bond acceptors (Lipinski definition) is 3. The number of halogens is 2. The van der Waals surface area contributed by atoms with Crippen LogP contribution in [0.25, 0.3) is 11.1 Å². The molecule has 26 heavy (non-hydrogen) atoms. The predicted molar refractivity (Wildman–Crippen MR) is 89.5 cm³/mol. The van der Waals surface area contributed by atoms with Crippen LogP contribution in [0.15, 0.2) is 63.8 Å². The molecule has 1 amide bonds. The van der Waals surface area contributed by atoms with Gasteiger partial charge in [0.1, 0.15) is 11.5 Å². The summed E-state index contributed by atoms with van der Waals surface area (Å²) < 4.78 is 39.7. The minimum atomic E-state index is -0.931. The zero-order valence-corrected chi connectivity index (χ0v) is 13.5. The van der Waals surface area contributed by atoms with Crippen molar-refractivity contribution < 1.29 is 22.4 Å². The van der Waals surface area contributed by atoms with E-state index in [1.54, 1.807) is 28.8 Å². The highest BCUT2D eigenvalue weighted by molar-refractivity contribution is 5.97. The average Bonchev–Trinajstić information content (AvgIpc) is 3.35. The summed E-state index contributed by atoms with van der Waals surface area (Å²) in [5.74, 6) is -1.62. The number of nitrogens with zero attached hydrogens (tertiary/aromatic N) is 1. The van der Waals surface area contributed by atoms with Crippen molar-refractivity contribution in [3.8, 4) is 0 Å². The second-order valence-electron chi connectivity index (χ2n) is 5.76. The van der Waals surface area contributed by atoms with Crippen LogP contribution in [0.4, 0.5) is 8.78 Å². The molecule has 0 saturated carbocycles. The van der Waals surface area contributed by atoms with Crippen molar-refractivity contribution in [1.82, 2.24) is 9.88 Å². The first kappa shape index (κ1) is 16.1. The second kappa shape index (κ2) is 6.51. The number of furan rings is 2. The standard InChI is InChI=1S/C19H14F2N2O3/c20-14-5-1-3-12(18(14)21)11-23-15-6-8-26-17(15)9-16(23)19(24)22-10-13-4-2-7-25-13/h1-9H,10-11H2,(H,22,24). The van der Waals surface area contributed by atoms with Gasteiger partial charge in [-0.2, -0.15) is 0 Å². The molecule has 0 aliphatic rings. The number of carbonyl (C=O) groups is 1. The topological polar surface area (TPSA) is 60.3 Å². The smallest absolute Gasteiger partial charge is 0.268 e. The van der Waals surface area contributed by atoms with Gasteiger partial charge >= 0.3 is 0 Å². The molecule has 0 fully saturated rings. The molecular weight excluding hydrogens is 342 g/mol. The maximum Gasteiger partial charge on any atom is 0.268 e. The molecule has 3 aromatic heterocycles. The Labute approximate surface area is 146 Å². The maximum atomic E-state index is 14.1. The van der Waals surface area contributed by atoms with Gasteiger partial charge in [0.05, 0.1) is 31.1 Å². The van der Waals surface area contributed by atoms with Gasteiger partial charge in [0.2, 0.25) is 0 Å². The summed E-state index contributed by atoms with van der Waals surface area (Å²) >= 11 is 0. The van der Waals surface area contributed by atoms with E-state index in [0.29, 0.717) is 16.9 Å². The van der Waals surface area contributed by atoms with Gasteiger partial charge in [-0.05, 0) is 18.2 Å². The summed E-state index contributed by atoms with van der Waals surface area (Å²) in [5, 5.41) is 2.74. The van der Waals surface area contributed by atoms with Crippen molar-refractivity contribution in [2.45, 2.75) is 13.1 Å². The Bertz CT molecular complexity index is 1060. The molecule has 1 aromatic carbocycles. The molecule has 0 aliphatic heterocycles. The minimum absolute atomic E-state index is 0.00384. The zero-order chi connectivity index (χ0) is 18.1. The molecule has 0 unspecified atom stereocenters. The van der Waals surface area contributed by atoms with Gasteiger partial charge in [0.25, 0.3) is 5.91 Å². The monoisotopic (exact) mass is 356 g/mol. The van der Waals surface area contributed by atoms with E-state index in [-0.39, 0.29) is 30.3 Å². The van der Waals surface area contributed by atoms with E-state index in [2.05, 4.69) is 5.32 Å². The Morgan fingerprint density at radius 3 is 2.77 bits per heavy atom. The number of carbonyl (C=O) groups excluding carboxylic acids is 1. The summed E-state index contributed by atoms with van der Waals surface area (Å²) in [5.41, 5.74) is 1.54. The van der Waals surface area contributed by atoms with E-state index in [0.717, 1.165) is 6.07 Å². The van der Waals surface area contributed by atoms with Crippen molar-refractivity contribution in [3.05, 3.63) is 83.6 Å². The van der Waals surface area contributed by atoms with Crippen LogP contribution >= 0.6 is 0 Å². The lowest BCUT2D eigenvalue weighted by Crippen LogP contribution is -2.25. The van der Waals surface area contributed by atoms with Crippen LogP contribution in [0.2, 0.25) is 0 Å². The van der Waals surface area contributed by atoms with Gasteiger partial charge in [0, 0.05) is 17.7 Å².